The monoisotopic (exact) mass is 362 g/mol. The first kappa shape index (κ1) is 18.9. The van der Waals surface area contributed by atoms with Crippen LogP contribution in [0.2, 0.25) is 0 Å². The molecule has 3 rings (SSSR count). The maximum Gasteiger partial charge on any atom is 0.317 e. The van der Waals surface area contributed by atoms with Gasteiger partial charge in [-0.25, -0.2) is 0 Å². The summed E-state index contributed by atoms with van der Waals surface area (Å²) < 4.78 is 1.74. The highest BCUT2D eigenvalue weighted by atomic mass is 16.4. The standard InChI is InChI=1S/C19H30N4O3/c1-3-23(12-17(24)25)15-9-14(10-15)20-19(26)16-11-22(2)21-18(16)13-7-5-4-6-8-13/h11,13-15H,3-10,12H2,1-2H3,(H,20,26)(H,24,25). The Morgan fingerprint density at radius 2 is 2.00 bits per heavy atom. The number of aliphatic carboxylic acids is 1. The molecule has 7 heteroatoms. The van der Waals surface area contributed by atoms with Crippen molar-refractivity contribution in [3.05, 3.63) is 17.5 Å². The van der Waals surface area contributed by atoms with Crippen molar-refractivity contribution in [2.75, 3.05) is 13.1 Å². The first-order valence-corrected chi connectivity index (χ1v) is 9.78. The number of aryl methyl sites for hydroxylation is 1. The lowest BCUT2D eigenvalue weighted by Gasteiger charge is -2.42. The van der Waals surface area contributed by atoms with Crippen molar-refractivity contribution in [1.82, 2.24) is 20.0 Å². The van der Waals surface area contributed by atoms with Crippen LogP contribution in [0.1, 0.15) is 73.8 Å². The molecular formula is C19H30N4O3. The molecule has 0 unspecified atom stereocenters. The van der Waals surface area contributed by atoms with Crippen LogP contribution in [0.3, 0.4) is 0 Å². The highest BCUT2D eigenvalue weighted by Crippen LogP contribution is 2.34. The summed E-state index contributed by atoms with van der Waals surface area (Å²) in [6.07, 6.45) is 9.38. The van der Waals surface area contributed by atoms with Gasteiger partial charge in [0.2, 0.25) is 0 Å². The highest BCUT2D eigenvalue weighted by Gasteiger charge is 2.35. The molecule has 2 N–H and O–H groups in total. The number of nitrogens with one attached hydrogen (secondary N) is 1. The third kappa shape index (κ3) is 4.26. The van der Waals surface area contributed by atoms with Crippen molar-refractivity contribution in [2.24, 2.45) is 7.05 Å². The summed E-state index contributed by atoms with van der Waals surface area (Å²) in [5.41, 5.74) is 1.65. The van der Waals surface area contributed by atoms with Gasteiger partial charge in [-0.05, 0) is 32.2 Å². The number of likely N-dealkylation sites (N-methyl/N-ethyl adjacent to an activating group) is 1. The molecule has 0 spiro atoms. The number of carboxylic acids is 1. The largest absolute Gasteiger partial charge is 0.480 e. The van der Waals surface area contributed by atoms with E-state index in [1.165, 1.54) is 19.3 Å². The lowest BCUT2D eigenvalue weighted by Crippen LogP contribution is -2.54. The maximum absolute atomic E-state index is 12.8. The van der Waals surface area contributed by atoms with E-state index in [1.54, 1.807) is 4.68 Å². The van der Waals surface area contributed by atoms with Crippen molar-refractivity contribution in [3.8, 4) is 0 Å². The predicted octanol–water partition coefficient (Wildman–Crippen LogP) is 2.14. The molecule has 144 valence electrons. The lowest BCUT2D eigenvalue weighted by molar-refractivity contribution is -0.139. The third-order valence-electron chi connectivity index (χ3n) is 5.80. The summed E-state index contributed by atoms with van der Waals surface area (Å²) in [5.74, 6) is -0.443. The number of amides is 1. The Bertz CT molecular complexity index is 645. The molecule has 2 saturated carbocycles. The summed E-state index contributed by atoms with van der Waals surface area (Å²) >= 11 is 0. The Balaban J connectivity index is 1.57. The Kier molecular flexibility index (Phi) is 5.96. The van der Waals surface area contributed by atoms with Crippen molar-refractivity contribution in [2.45, 2.75) is 69.9 Å². The van der Waals surface area contributed by atoms with Crippen LogP contribution in [0.15, 0.2) is 6.20 Å². The van der Waals surface area contributed by atoms with Gasteiger partial charge in [0.1, 0.15) is 0 Å². The zero-order valence-corrected chi connectivity index (χ0v) is 15.8. The van der Waals surface area contributed by atoms with Gasteiger partial charge in [-0.1, -0.05) is 26.2 Å². The first-order valence-electron chi connectivity index (χ1n) is 9.78. The van der Waals surface area contributed by atoms with E-state index in [0.717, 1.165) is 31.4 Å². The Morgan fingerprint density at radius 3 is 2.62 bits per heavy atom. The molecule has 26 heavy (non-hydrogen) atoms. The van der Waals surface area contributed by atoms with Gasteiger partial charge in [0.05, 0.1) is 17.8 Å². The SMILES string of the molecule is CCN(CC(=O)O)C1CC(NC(=O)c2cn(C)nc2C2CCCCC2)C1. The van der Waals surface area contributed by atoms with Crippen molar-refractivity contribution in [3.63, 3.8) is 0 Å². The first-order chi connectivity index (χ1) is 12.5. The summed E-state index contributed by atoms with van der Waals surface area (Å²) in [5, 5.41) is 16.7. The van der Waals surface area contributed by atoms with Gasteiger partial charge >= 0.3 is 5.97 Å². The number of rotatable bonds is 7. The van der Waals surface area contributed by atoms with E-state index >= 15 is 0 Å². The van der Waals surface area contributed by atoms with Crippen LogP contribution < -0.4 is 5.32 Å². The van der Waals surface area contributed by atoms with Crippen LogP contribution in [-0.2, 0) is 11.8 Å². The number of hydrogen-bond donors (Lipinski definition) is 2. The van der Waals surface area contributed by atoms with Gasteiger partial charge in [-0.15, -0.1) is 0 Å². The van der Waals surface area contributed by atoms with Gasteiger partial charge < -0.3 is 10.4 Å². The molecule has 0 radical (unpaired) electrons. The summed E-state index contributed by atoms with van der Waals surface area (Å²) in [7, 11) is 1.87. The van der Waals surface area contributed by atoms with Crippen molar-refractivity contribution in [1.29, 1.82) is 0 Å². The number of hydrogen-bond acceptors (Lipinski definition) is 4. The van der Waals surface area contributed by atoms with Crippen molar-refractivity contribution < 1.29 is 14.7 Å². The van der Waals surface area contributed by atoms with Gasteiger partial charge in [-0.3, -0.25) is 19.2 Å². The molecular weight excluding hydrogens is 332 g/mol. The van der Waals surface area contributed by atoms with E-state index in [-0.39, 0.29) is 24.5 Å². The fourth-order valence-electron chi connectivity index (χ4n) is 4.30. The van der Waals surface area contributed by atoms with Gasteiger partial charge in [0.15, 0.2) is 0 Å². The van der Waals surface area contributed by atoms with Gasteiger partial charge in [0, 0.05) is 31.2 Å². The molecule has 0 aromatic carbocycles. The van der Waals surface area contributed by atoms with E-state index in [2.05, 4.69) is 10.4 Å². The third-order valence-corrected chi connectivity index (χ3v) is 5.80. The number of nitrogens with zero attached hydrogens (tertiary/aromatic N) is 3. The molecule has 7 nitrogen and oxygen atoms in total. The number of aromatic nitrogens is 2. The van der Waals surface area contributed by atoms with Crippen molar-refractivity contribution >= 4 is 11.9 Å². The molecule has 0 atom stereocenters. The zero-order valence-electron chi connectivity index (χ0n) is 15.8. The molecule has 2 aliphatic rings. The number of carbonyl (C=O) groups excluding carboxylic acids is 1. The van der Waals surface area contributed by atoms with Crippen LogP contribution in [0.25, 0.3) is 0 Å². The number of carbonyl (C=O) groups is 2. The average molecular weight is 362 g/mol. The van der Waals surface area contributed by atoms with Crippen LogP contribution in [-0.4, -0.2) is 56.8 Å². The van der Waals surface area contributed by atoms with Crippen LogP contribution in [0, 0.1) is 0 Å². The Hall–Kier alpha value is -1.89. The minimum Gasteiger partial charge on any atom is -0.480 e. The maximum atomic E-state index is 12.8. The summed E-state index contributed by atoms with van der Waals surface area (Å²) in [6.45, 7) is 2.75. The molecule has 1 amide bonds. The predicted molar refractivity (Wildman–Crippen MR) is 98.2 cm³/mol. The lowest BCUT2D eigenvalue weighted by atomic mass is 9.84. The quantitative estimate of drug-likeness (QED) is 0.776. The van der Waals surface area contributed by atoms with E-state index in [1.807, 2.05) is 25.1 Å². The summed E-state index contributed by atoms with van der Waals surface area (Å²) in [6, 6.07) is 0.364. The smallest absolute Gasteiger partial charge is 0.317 e. The normalized spacial score (nSPS) is 23.7. The zero-order chi connectivity index (χ0) is 18.7. The molecule has 2 fully saturated rings. The second kappa shape index (κ2) is 8.20. The Labute approximate surface area is 154 Å². The highest BCUT2D eigenvalue weighted by molar-refractivity contribution is 5.95. The topological polar surface area (TPSA) is 87.5 Å². The minimum absolute atomic E-state index is 0.0385. The fourth-order valence-corrected chi connectivity index (χ4v) is 4.30. The molecule has 1 aromatic rings. The van der Waals surface area contributed by atoms with E-state index in [9.17, 15) is 9.59 Å². The molecule has 1 aromatic heterocycles. The van der Waals surface area contributed by atoms with Crippen LogP contribution >= 0.6 is 0 Å². The average Bonchev–Trinajstić information content (AvgIpc) is 2.98. The van der Waals surface area contributed by atoms with E-state index in [0.29, 0.717) is 18.0 Å². The Morgan fingerprint density at radius 1 is 1.31 bits per heavy atom. The molecule has 0 aliphatic heterocycles. The minimum atomic E-state index is -0.799. The van der Waals surface area contributed by atoms with Gasteiger partial charge in [-0.2, -0.15) is 5.10 Å². The van der Waals surface area contributed by atoms with Crippen LogP contribution in [0.4, 0.5) is 0 Å². The second-order valence-corrected chi connectivity index (χ2v) is 7.69. The number of carboxylic acid groups (broad SMARTS) is 1. The van der Waals surface area contributed by atoms with Crippen LogP contribution in [0.5, 0.6) is 0 Å². The molecule has 0 bridgehead atoms. The molecule has 0 saturated heterocycles. The van der Waals surface area contributed by atoms with E-state index < -0.39 is 5.97 Å². The fraction of sp³-hybridized carbons (Fsp3) is 0.737. The second-order valence-electron chi connectivity index (χ2n) is 7.69. The molecule has 2 aliphatic carbocycles. The van der Waals surface area contributed by atoms with Gasteiger partial charge in [0.25, 0.3) is 5.91 Å². The van der Waals surface area contributed by atoms with E-state index in [4.69, 9.17) is 5.11 Å². The molecule has 1 heterocycles. The summed E-state index contributed by atoms with van der Waals surface area (Å²) in [4.78, 5) is 25.7.